The highest BCUT2D eigenvalue weighted by Crippen LogP contribution is 2.41. The Kier molecular flexibility index (Phi) is 7.41. The van der Waals surface area contributed by atoms with Crippen molar-refractivity contribution in [3.05, 3.63) is 182 Å². The van der Waals surface area contributed by atoms with Crippen molar-refractivity contribution in [1.29, 1.82) is 0 Å². The lowest BCUT2D eigenvalue weighted by Crippen LogP contribution is -2.09. The van der Waals surface area contributed by atoms with E-state index in [-0.39, 0.29) is 0 Å². The first-order valence-corrected chi connectivity index (χ1v) is 16.6. The maximum Gasteiger partial charge on any atom is 0.167 e. The molecule has 236 valence electrons. The van der Waals surface area contributed by atoms with Crippen LogP contribution in [0.4, 0.5) is 17.1 Å². The molecule has 0 aliphatic heterocycles. The van der Waals surface area contributed by atoms with E-state index in [0.717, 1.165) is 66.8 Å². The summed E-state index contributed by atoms with van der Waals surface area (Å²) in [7, 11) is 0. The molecule has 9 rings (SSSR count). The van der Waals surface area contributed by atoms with Gasteiger partial charge < -0.3 is 9.32 Å². The quantitative estimate of drug-likeness (QED) is 0.173. The minimum atomic E-state index is 0.565. The molecule has 2 aromatic heterocycles. The monoisotopic (exact) mass is 642 g/mol. The van der Waals surface area contributed by atoms with Gasteiger partial charge in [0.2, 0.25) is 0 Å². The normalized spacial score (nSPS) is 11.2. The average molecular weight is 643 g/mol. The molecule has 7 aromatic carbocycles. The van der Waals surface area contributed by atoms with Crippen LogP contribution in [0.15, 0.2) is 186 Å². The van der Waals surface area contributed by atoms with E-state index in [0.29, 0.717) is 17.5 Å². The summed E-state index contributed by atoms with van der Waals surface area (Å²) in [6.07, 6.45) is 0. The first-order valence-electron chi connectivity index (χ1n) is 16.6. The second kappa shape index (κ2) is 12.6. The topological polar surface area (TPSA) is 55.1 Å². The van der Waals surface area contributed by atoms with Crippen molar-refractivity contribution >= 4 is 39.0 Å². The van der Waals surface area contributed by atoms with Gasteiger partial charge in [0.05, 0.1) is 5.56 Å². The number of fused-ring (bicyclic) bond motifs is 3. The molecule has 0 saturated carbocycles. The van der Waals surface area contributed by atoms with E-state index in [4.69, 9.17) is 19.4 Å². The average Bonchev–Trinajstić information content (AvgIpc) is 3.59. The number of benzene rings is 7. The van der Waals surface area contributed by atoms with Crippen molar-refractivity contribution in [2.24, 2.45) is 0 Å². The molecular formula is C45H30N4O. The fourth-order valence-electron chi connectivity index (χ4n) is 6.54. The van der Waals surface area contributed by atoms with E-state index >= 15 is 0 Å². The molecule has 5 heteroatoms. The number of para-hydroxylation sites is 4. The van der Waals surface area contributed by atoms with Crippen LogP contribution in [0.5, 0.6) is 0 Å². The van der Waals surface area contributed by atoms with Gasteiger partial charge in [-0.1, -0.05) is 140 Å². The van der Waals surface area contributed by atoms with Crippen LogP contribution in [-0.2, 0) is 0 Å². The fourth-order valence-corrected chi connectivity index (χ4v) is 6.54. The van der Waals surface area contributed by atoms with Crippen molar-refractivity contribution in [3.63, 3.8) is 0 Å². The molecule has 0 N–H and O–H groups in total. The summed E-state index contributed by atoms with van der Waals surface area (Å²) in [5.41, 5.74) is 9.60. The summed E-state index contributed by atoms with van der Waals surface area (Å²) in [6, 6.07) is 62.1. The number of hydrogen-bond acceptors (Lipinski definition) is 5. The second-order valence-electron chi connectivity index (χ2n) is 12.1. The maximum absolute atomic E-state index is 6.82. The number of anilines is 3. The van der Waals surface area contributed by atoms with E-state index in [9.17, 15) is 0 Å². The van der Waals surface area contributed by atoms with Crippen LogP contribution in [0.25, 0.3) is 67.2 Å². The number of rotatable bonds is 7. The van der Waals surface area contributed by atoms with Gasteiger partial charge >= 0.3 is 0 Å². The van der Waals surface area contributed by atoms with Gasteiger partial charge in [-0.05, 0) is 48.0 Å². The summed E-state index contributed by atoms with van der Waals surface area (Å²) >= 11 is 0. The smallest absolute Gasteiger partial charge is 0.167 e. The van der Waals surface area contributed by atoms with Gasteiger partial charge in [0.25, 0.3) is 0 Å². The molecule has 0 spiro atoms. The van der Waals surface area contributed by atoms with Gasteiger partial charge in [0.15, 0.2) is 17.5 Å². The summed E-state index contributed by atoms with van der Waals surface area (Å²) in [5.74, 6) is 1.79. The van der Waals surface area contributed by atoms with Gasteiger partial charge in [-0.15, -0.1) is 0 Å². The third-order valence-electron chi connectivity index (χ3n) is 8.93. The van der Waals surface area contributed by atoms with Crippen molar-refractivity contribution in [2.75, 3.05) is 4.90 Å². The van der Waals surface area contributed by atoms with Crippen molar-refractivity contribution in [1.82, 2.24) is 15.0 Å². The van der Waals surface area contributed by atoms with Crippen LogP contribution in [-0.4, -0.2) is 15.0 Å². The molecule has 0 bridgehead atoms. The van der Waals surface area contributed by atoms with Gasteiger partial charge in [-0.3, -0.25) is 0 Å². The molecule has 0 atom stereocenters. The molecule has 50 heavy (non-hydrogen) atoms. The van der Waals surface area contributed by atoms with Crippen molar-refractivity contribution in [2.45, 2.75) is 0 Å². The van der Waals surface area contributed by atoms with Crippen LogP contribution >= 0.6 is 0 Å². The predicted molar refractivity (Wildman–Crippen MR) is 204 cm³/mol. The second-order valence-corrected chi connectivity index (χ2v) is 12.1. The predicted octanol–water partition coefficient (Wildman–Crippen LogP) is 11.9. The number of furan rings is 1. The Balaban J connectivity index is 1.16. The van der Waals surface area contributed by atoms with Crippen molar-refractivity contribution in [3.8, 4) is 45.3 Å². The number of nitrogens with zero attached hydrogens (tertiary/aromatic N) is 4. The highest BCUT2D eigenvalue weighted by Gasteiger charge is 2.20. The molecule has 2 heterocycles. The van der Waals surface area contributed by atoms with E-state index < -0.39 is 0 Å². The highest BCUT2D eigenvalue weighted by molar-refractivity contribution is 6.12. The SMILES string of the molecule is c1ccc(-c2nc(-c3ccccc3)nc(-c3cccc4c3oc3c(-c5ccc(N(c6ccccc6)c6ccccc6)cc5)cccc34)n2)cc1. The Hall–Kier alpha value is -6.85. The first-order chi connectivity index (χ1) is 24.8. The van der Waals surface area contributed by atoms with E-state index in [1.54, 1.807) is 0 Å². The van der Waals surface area contributed by atoms with Gasteiger partial charge in [0.1, 0.15) is 11.2 Å². The minimum Gasteiger partial charge on any atom is -0.455 e. The van der Waals surface area contributed by atoms with Gasteiger partial charge in [-0.2, -0.15) is 0 Å². The Morgan fingerprint density at radius 2 is 0.740 bits per heavy atom. The lowest BCUT2D eigenvalue weighted by molar-refractivity contribution is 0.670. The van der Waals surface area contributed by atoms with E-state index in [1.165, 1.54) is 0 Å². The molecule has 0 amide bonds. The lowest BCUT2D eigenvalue weighted by atomic mass is 10.0. The highest BCUT2D eigenvalue weighted by atomic mass is 16.3. The molecule has 0 fully saturated rings. The van der Waals surface area contributed by atoms with E-state index in [1.807, 2.05) is 84.9 Å². The maximum atomic E-state index is 6.82. The van der Waals surface area contributed by atoms with E-state index in [2.05, 4.69) is 102 Å². The van der Waals surface area contributed by atoms with Gasteiger partial charge in [-0.25, -0.2) is 15.0 Å². The molecule has 0 aliphatic carbocycles. The Labute approximate surface area is 289 Å². The zero-order chi connectivity index (χ0) is 33.3. The summed E-state index contributed by atoms with van der Waals surface area (Å²) < 4.78 is 6.82. The first kappa shape index (κ1) is 29.3. The molecule has 0 unspecified atom stereocenters. The molecule has 9 aromatic rings. The standard InChI is InChI=1S/C45H30N4O/c1-5-15-32(16-6-1)43-46-44(33-17-7-2-8-18-33)48-45(47-43)40-26-14-25-39-38-24-13-23-37(41(38)50-42(39)40)31-27-29-36(30-28-31)49(34-19-9-3-10-20-34)35-21-11-4-12-22-35/h1-30H. The number of aromatic nitrogens is 3. The van der Waals surface area contributed by atoms with Crippen LogP contribution in [0.2, 0.25) is 0 Å². The molecular weight excluding hydrogens is 613 g/mol. The van der Waals surface area contributed by atoms with Crippen LogP contribution in [0.3, 0.4) is 0 Å². The van der Waals surface area contributed by atoms with Gasteiger partial charge in [0, 0.05) is 44.5 Å². The largest absolute Gasteiger partial charge is 0.455 e. The van der Waals surface area contributed by atoms with Crippen molar-refractivity contribution < 1.29 is 4.42 Å². The molecule has 5 nitrogen and oxygen atoms in total. The Bertz CT molecular complexity index is 2470. The van der Waals surface area contributed by atoms with Crippen LogP contribution < -0.4 is 4.90 Å². The Morgan fingerprint density at radius 1 is 0.320 bits per heavy atom. The zero-order valence-corrected chi connectivity index (χ0v) is 27.0. The Morgan fingerprint density at radius 3 is 1.26 bits per heavy atom. The third-order valence-corrected chi connectivity index (χ3v) is 8.93. The molecule has 0 radical (unpaired) electrons. The molecule has 0 aliphatic rings. The zero-order valence-electron chi connectivity index (χ0n) is 27.0. The summed E-state index contributed by atoms with van der Waals surface area (Å²) in [4.78, 5) is 17.1. The summed E-state index contributed by atoms with van der Waals surface area (Å²) in [6.45, 7) is 0. The third kappa shape index (κ3) is 5.37. The van der Waals surface area contributed by atoms with Crippen LogP contribution in [0, 0.1) is 0 Å². The van der Waals surface area contributed by atoms with Crippen LogP contribution in [0.1, 0.15) is 0 Å². The minimum absolute atomic E-state index is 0.565. The fraction of sp³-hybridized carbons (Fsp3) is 0. The molecule has 0 saturated heterocycles. The number of hydrogen-bond donors (Lipinski definition) is 0. The lowest BCUT2D eigenvalue weighted by Gasteiger charge is -2.25. The summed E-state index contributed by atoms with van der Waals surface area (Å²) in [5, 5.41) is 2.05.